The fraction of sp³-hybridized carbons (Fsp3) is 0.667. The van der Waals surface area contributed by atoms with Gasteiger partial charge in [-0.25, -0.2) is 12.7 Å². The average molecular weight is 304 g/mol. The highest BCUT2D eigenvalue weighted by molar-refractivity contribution is 7.88. The Hall–Kier alpha value is -0.930. The molecule has 1 atom stereocenters. The van der Waals surface area contributed by atoms with Crippen LogP contribution in [-0.4, -0.2) is 57.3 Å². The fourth-order valence-electron chi connectivity index (χ4n) is 1.93. The predicted octanol–water partition coefficient (Wildman–Crippen LogP) is -0.229. The van der Waals surface area contributed by atoms with Crippen molar-refractivity contribution in [3.8, 4) is 0 Å². The zero-order valence-corrected chi connectivity index (χ0v) is 12.4. The van der Waals surface area contributed by atoms with Gasteiger partial charge in [0.15, 0.2) is 0 Å². The van der Waals surface area contributed by atoms with Crippen molar-refractivity contribution < 1.29 is 22.7 Å². The Balaban J connectivity index is 1.90. The second kappa shape index (κ2) is 5.82. The van der Waals surface area contributed by atoms with Crippen molar-refractivity contribution in [3.05, 3.63) is 17.9 Å². The molecule has 20 heavy (non-hydrogen) atoms. The van der Waals surface area contributed by atoms with Crippen molar-refractivity contribution in [1.29, 1.82) is 0 Å². The molecule has 0 bridgehead atoms. The lowest BCUT2D eigenvalue weighted by molar-refractivity contribution is 0.0265. The molecule has 0 spiro atoms. The van der Waals surface area contributed by atoms with E-state index in [1.807, 2.05) is 0 Å². The van der Waals surface area contributed by atoms with E-state index >= 15 is 0 Å². The predicted molar refractivity (Wildman–Crippen MR) is 71.7 cm³/mol. The first kappa shape index (κ1) is 15.5. The van der Waals surface area contributed by atoms with Gasteiger partial charge in [-0.2, -0.15) is 0 Å². The van der Waals surface area contributed by atoms with Gasteiger partial charge in [0.2, 0.25) is 5.09 Å². The Morgan fingerprint density at radius 3 is 2.80 bits per heavy atom. The Morgan fingerprint density at radius 1 is 1.45 bits per heavy atom. The van der Waals surface area contributed by atoms with E-state index in [0.717, 1.165) is 4.31 Å². The van der Waals surface area contributed by atoms with Crippen molar-refractivity contribution >= 4 is 10.0 Å². The number of aliphatic hydroxyl groups is 1. The molecule has 0 saturated carbocycles. The Morgan fingerprint density at radius 2 is 2.20 bits per heavy atom. The maximum absolute atomic E-state index is 11.8. The van der Waals surface area contributed by atoms with Crippen LogP contribution in [0, 0.1) is 0 Å². The first-order chi connectivity index (χ1) is 9.33. The number of sulfonamides is 1. The van der Waals surface area contributed by atoms with Gasteiger partial charge in [-0.15, -0.1) is 0 Å². The summed E-state index contributed by atoms with van der Waals surface area (Å²) in [6, 6.07) is 3.04. The lowest BCUT2D eigenvalue weighted by Crippen LogP contribution is -2.40. The first-order valence-electron chi connectivity index (χ1n) is 6.36. The smallest absolute Gasteiger partial charge is 0.275 e. The Labute approximate surface area is 118 Å². The first-order valence-corrected chi connectivity index (χ1v) is 7.80. The summed E-state index contributed by atoms with van der Waals surface area (Å²) in [7, 11) is -0.640. The summed E-state index contributed by atoms with van der Waals surface area (Å²) in [5.74, 6) is 0.507. The minimum Gasteiger partial charge on any atom is -0.447 e. The summed E-state index contributed by atoms with van der Waals surface area (Å²) in [5, 5.41) is 13.0. The van der Waals surface area contributed by atoms with Crippen LogP contribution < -0.4 is 5.32 Å². The van der Waals surface area contributed by atoms with Gasteiger partial charge < -0.3 is 19.6 Å². The van der Waals surface area contributed by atoms with Crippen molar-refractivity contribution in [3.63, 3.8) is 0 Å². The maximum atomic E-state index is 11.8. The topological polar surface area (TPSA) is 92.0 Å². The molecular weight excluding hydrogens is 284 g/mol. The van der Waals surface area contributed by atoms with Crippen molar-refractivity contribution in [2.24, 2.45) is 0 Å². The van der Waals surface area contributed by atoms with Crippen LogP contribution in [0.4, 0.5) is 0 Å². The largest absolute Gasteiger partial charge is 0.447 e. The van der Waals surface area contributed by atoms with Gasteiger partial charge in [-0.3, -0.25) is 0 Å². The van der Waals surface area contributed by atoms with Crippen LogP contribution in [-0.2, 0) is 21.3 Å². The maximum Gasteiger partial charge on any atom is 0.275 e. The quantitative estimate of drug-likeness (QED) is 0.754. The molecule has 0 aliphatic carbocycles. The van der Waals surface area contributed by atoms with E-state index in [-0.39, 0.29) is 5.09 Å². The molecule has 1 aromatic rings. The lowest BCUT2D eigenvalue weighted by Gasteiger charge is -2.20. The molecule has 1 aliphatic rings. The minimum absolute atomic E-state index is 0.0813. The van der Waals surface area contributed by atoms with Gasteiger partial charge in [-0.1, -0.05) is 0 Å². The van der Waals surface area contributed by atoms with E-state index in [1.54, 1.807) is 6.07 Å². The molecule has 1 saturated heterocycles. The molecule has 1 aromatic heterocycles. The summed E-state index contributed by atoms with van der Waals surface area (Å²) in [5.41, 5.74) is -0.842. The Bertz CT molecular complexity index is 546. The van der Waals surface area contributed by atoms with E-state index in [0.29, 0.717) is 38.5 Å². The molecule has 0 aromatic carbocycles. The summed E-state index contributed by atoms with van der Waals surface area (Å²) in [6.07, 6.45) is 0.596. The molecule has 2 rings (SSSR count). The zero-order valence-electron chi connectivity index (χ0n) is 11.6. The zero-order chi connectivity index (χ0) is 14.8. The molecular formula is C12H20N2O5S. The van der Waals surface area contributed by atoms with Crippen LogP contribution in [0.2, 0.25) is 0 Å². The SMILES string of the molecule is CN(C)S(=O)(=O)c1ccc(CNCC2(O)CCOC2)o1. The normalized spacial score (nSPS) is 23.6. The highest BCUT2D eigenvalue weighted by atomic mass is 32.2. The van der Waals surface area contributed by atoms with E-state index in [9.17, 15) is 13.5 Å². The number of nitrogens with zero attached hydrogens (tertiary/aromatic N) is 1. The molecule has 114 valence electrons. The second-order valence-corrected chi connectivity index (χ2v) is 7.22. The van der Waals surface area contributed by atoms with E-state index < -0.39 is 15.6 Å². The average Bonchev–Trinajstić information content (AvgIpc) is 2.99. The molecule has 0 radical (unpaired) electrons. The molecule has 1 fully saturated rings. The Kier molecular flexibility index (Phi) is 4.50. The van der Waals surface area contributed by atoms with E-state index in [4.69, 9.17) is 9.15 Å². The monoisotopic (exact) mass is 304 g/mol. The van der Waals surface area contributed by atoms with Gasteiger partial charge in [0.05, 0.1) is 13.2 Å². The summed E-state index contributed by atoms with van der Waals surface area (Å²) in [4.78, 5) is 0. The van der Waals surface area contributed by atoms with Crippen LogP contribution in [0.5, 0.6) is 0 Å². The number of rotatable bonds is 6. The molecule has 8 heteroatoms. The van der Waals surface area contributed by atoms with Gasteiger partial charge in [0, 0.05) is 33.7 Å². The summed E-state index contributed by atoms with van der Waals surface area (Å²) < 4.78 is 35.2. The van der Waals surface area contributed by atoms with Crippen molar-refractivity contribution in [1.82, 2.24) is 9.62 Å². The second-order valence-electron chi connectivity index (χ2n) is 5.14. The third-order valence-electron chi connectivity index (χ3n) is 3.21. The number of furan rings is 1. The van der Waals surface area contributed by atoms with Crippen LogP contribution in [0.1, 0.15) is 12.2 Å². The van der Waals surface area contributed by atoms with E-state index in [1.165, 1.54) is 20.2 Å². The highest BCUT2D eigenvalue weighted by Crippen LogP contribution is 2.19. The summed E-state index contributed by atoms with van der Waals surface area (Å²) in [6.45, 7) is 1.61. The lowest BCUT2D eigenvalue weighted by atomic mass is 10.0. The van der Waals surface area contributed by atoms with Gasteiger partial charge in [0.25, 0.3) is 10.0 Å². The van der Waals surface area contributed by atoms with Crippen molar-refractivity contribution in [2.75, 3.05) is 33.9 Å². The fourth-order valence-corrected chi connectivity index (χ4v) is 2.74. The summed E-state index contributed by atoms with van der Waals surface area (Å²) >= 11 is 0. The van der Waals surface area contributed by atoms with Crippen molar-refractivity contribution in [2.45, 2.75) is 23.7 Å². The third kappa shape index (κ3) is 3.39. The van der Waals surface area contributed by atoms with Crippen LogP contribution in [0.3, 0.4) is 0 Å². The van der Waals surface area contributed by atoms with Crippen LogP contribution >= 0.6 is 0 Å². The third-order valence-corrected chi connectivity index (χ3v) is 4.90. The number of ether oxygens (including phenoxy) is 1. The van der Waals surface area contributed by atoms with Crippen LogP contribution in [0.25, 0.3) is 0 Å². The molecule has 2 heterocycles. The number of nitrogens with one attached hydrogen (secondary N) is 1. The standard InChI is InChI=1S/C12H20N2O5S/c1-14(2)20(16,17)11-4-3-10(19-11)7-13-8-12(15)5-6-18-9-12/h3-4,13,15H,5-9H2,1-2H3. The highest BCUT2D eigenvalue weighted by Gasteiger charge is 2.31. The van der Waals surface area contributed by atoms with Gasteiger partial charge >= 0.3 is 0 Å². The van der Waals surface area contributed by atoms with Gasteiger partial charge in [-0.05, 0) is 12.1 Å². The molecule has 1 aliphatic heterocycles. The van der Waals surface area contributed by atoms with Crippen LogP contribution in [0.15, 0.2) is 21.6 Å². The van der Waals surface area contributed by atoms with E-state index in [2.05, 4.69) is 5.32 Å². The molecule has 1 unspecified atom stereocenters. The number of hydrogen-bond acceptors (Lipinski definition) is 6. The molecule has 0 amide bonds. The number of hydrogen-bond donors (Lipinski definition) is 2. The van der Waals surface area contributed by atoms with Gasteiger partial charge in [0.1, 0.15) is 11.4 Å². The minimum atomic E-state index is -3.54. The molecule has 2 N–H and O–H groups in total. The molecule has 7 nitrogen and oxygen atoms in total.